The standard InChI is InChI=1S/C13H14FN3O3/c1-8(4-12(18)19)7-16-13(20)17-10-2-3-11(14)9(5-10)6-15/h2-3,5,8H,4,7H2,1H3,(H,18,19)(H2,16,17,20). The van der Waals surface area contributed by atoms with Crippen LogP contribution < -0.4 is 10.6 Å². The Kier molecular flexibility index (Phi) is 5.47. The predicted octanol–water partition coefficient (Wildman–Crippen LogP) is 1.93. The predicted molar refractivity (Wildman–Crippen MR) is 69.6 cm³/mol. The number of nitriles is 1. The van der Waals surface area contributed by atoms with Gasteiger partial charge >= 0.3 is 12.0 Å². The zero-order valence-electron chi connectivity index (χ0n) is 10.8. The fourth-order valence-corrected chi connectivity index (χ4v) is 1.50. The minimum Gasteiger partial charge on any atom is -0.481 e. The molecule has 0 saturated heterocycles. The summed E-state index contributed by atoms with van der Waals surface area (Å²) < 4.78 is 13.1. The van der Waals surface area contributed by atoms with Gasteiger partial charge in [0.15, 0.2) is 0 Å². The monoisotopic (exact) mass is 279 g/mol. The van der Waals surface area contributed by atoms with Crippen molar-refractivity contribution in [1.29, 1.82) is 5.26 Å². The average Bonchev–Trinajstić information content (AvgIpc) is 2.38. The third-order valence-electron chi connectivity index (χ3n) is 2.48. The van der Waals surface area contributed by atoms with Gasteiger partial charge in [-0.15, -0.1) is 0 Å². The van der Waals surface area contributed by atoms with E-state index in [2.05, 4.69) is 10.6 Å². The van der Waals surface area contributed by atoms with Gasteiger partial charge in [-0.2, -0.15) is 5.26 Å². The van der Waals surface area contributed by atoms with Crippen LogP contribution in [-0.4, -0.2) is 23.7 Å². The van der Waals surface area contributed by atoms with Crippen molar-refractivity contribution in [1.82, 2.24) is 5.32 Å². The van der Waals surface area contributed by atoms with Crippen molar-refractivity contribution in [3.8, 4) is 6.07 Å². The van der Waals surface area contributed by atoms with Crippen molar-refractivity contribution in [3.63, 3.8) is 0 Å². The van der Waals surface area contributed by atoms with E-state index in [1.54, 1.807) is 13.0 Å². The first-order valence-corrected chi connectivity index (χ1v) is 5.88. The molecule has 106 valence electrons. The van der Waals surface area contributed by atoms with E-state index in [0.29, 0.717) is 0 Å². The number of nitrogens with zero attached hydrogens (tertiary/aromatic N) is 1. The summed E-state index contributed by atoms with van der Waals surface area (Å²) in [5, 5.41) is 22.2. The zero-order chi connectivity index (χ0) is 15.1. The number of aliphatic carboxylic acids is 1. The van der Waals surface area contributed by atoms with E-state index in [0.717, 1.165) is 6.07 Å². The molecular formula is C13H14FN3O3. The molecule has 1 aromatic carbocycles. The smallest absolute Gasteiger partial charge is 0.319 e. The van der Waals surface area contributed by atoms with Crippen LogP contribution in [0.3, 0.4) is 0 Å². The summed E-state index contributed by atoms with van der Waals surface area (Å²) in [5.41, 5.74) is 0.119. The Morgan fingerprint density at radius 1 is 1.50 bits per heavy atom. The first-order valence-electron chi connectivity index (χ1n) is 5.88. The summed E-state index contributed by atoms with van der Waals surface area (Å²) in [5.74, 6) is -1.80. The molecule has 0 aliphatic rings. The van der Waals surface area contributed by atoms with Crippen molar-refractivity contribution in [3.05, 3.63) is 29.6 Å². The Labute approximate surface area is 115 Å². The van der Waals surface area contributed by atoms with Crippen molar-refractivity contribution in [2.45, 2.75) is 13.3 Å². The highest BCUT2D eigenvalue weighted by Gasteiger charge is 2.10. The van der Waals surface area contributed by atoms with Gasteiger partial charge in [0.2, 0.25) is 0 Å². The lowest BCUT2D eigenvalue weighted by Crippen LogP contribution is -2.33. The number of carbonyl (C=O) groups excluding carboxylic acids is 1. The number of benzene rings is 1. The molecule has 0 fully saturated rings. The van der Waals surface area contributed by atoms with Crippen molar-refractivity contribution < 1.29 is 19.1 Å². The maximum absolute atomic E-state index is 13.1. The van der Waals surface area contributed by atoms with E-state index < -0.39 is 17.8 Å². The Bertz CT molecular complexity index is 554. The minimum absolute atomic E-state index is 0.0462. The highest BCUT2D eigenvalue weighted by molar-refractivity contribution is 5.89. The molecule has 1 rings (SSSR count). The zero-order valence-corrected chi connectivity index (χ0v) is 10.8. The molecule has 0 aromatic heterocycles. The Balaban J connectivity index is 2.51. The van der Waals surface area contributed by atoms with Crippen LogP contribution in [0, 0.1) is 23.1 Å². The van der Waals surface area contributed by atoms with Gasteiger partial charge in [0.05, 0.1) is 5.56 Å². The van der Waals surface area contributed by atoms with Crippen LogP contribution >= 0.6 is 0 Å². The Hall–Kier alpha value is -2.62. The number of carbonyl (C=O) groups is 2. The maximum atomic E-state index is 13.1. The fraction of sp³-hybridized carbons (Fsp3) is 0.308. The quantitative estimate of drug-likeness (QED) is 0.766. The van der Waals surface area contributed by atoms with E-state index in [9.17, 15) is 14.0 Å². The van der Waals surface area contributed by atoms with Crippen molar-refractivity contribution >= 4 is 17.7 Å². The average molecular weight is 279 g/mol. The van der Waals surface area contributed by atoms with E-state index in [4.69, 9.17) is 10.4 Å². The molecular weight excluding hydrogens is 265 g/mol. The molecule has 1 unspecified atom stereocenters. The van der Waals surface area contributed by atoms with E-state index in [1.807, 2.05) is 0 Å². The lowest BCUT2D eigenvalue weighted by Gasteiger charge is -2.11. The molecule has 1 atom stereocenters. The van der Waals surface area contributed by atoms with Crippen LogP contribution in [0.4, 0.5) is 14.9 Å². The molecule has 0 heterocycles. The first kappa shape index (κ1) is 15.4. The second kappa shape index (κ2) is 7.09. The summed E-state index contributed by atoms with van der Waals surface area (Å²) >= 11 is 0. The summed E-state index contributed by atoms with van der Waals surface area (Å²) in [6.45, 7) is 1.89. The van der Waals surface area contributed by atoms with Crippen LogP contribution in [0.2, 0.25) is 0 Å². The van der Waals surface area contributed by atoms with E-state index in [1.165, 1.54) is 12.1 Å². The molecule has 20 heavy (non-hydrogen) atoms. The number of rotatable bonds is 5. The number of hydrogen-bond donors (Lipinski definition) is 3. The molecule has 7 heteroatoms. The molecule has 6 nitrogen and oxygen atoms in total. The molecule has 0 aliphatic carbocycles. The van der Waals surface area contributed by atoms with Gasteiger partial charge in [0, 0.05) is 18.7 Å². The van der Waals surface area contributed by atoms with Gasteiger partial charge in [0.1, 0.15) is 11.9 Å². The number of nitrogens with one attached hydrogen (secondary N) is 2. The number of anilines is 1. The second-order valence-electron chi connectivity index (χ2n) is 4.34. The molecule has 1 aromatic rings. The third-order valence-corrected chi connectivity index (χ3v) is 2.48. The molecule has 3 N–H and O–H groups in total. The highest BCUT2D eigenvalue weighted by atomic mass is 19.1. The van der Waals surface area contributed by atoms with Crippen molar-refractivity contribution in [2.75, 3.05) is 11.9 Å². The van der Waals surface area contributed by atoms with E-state index >= 15 is 0 Å². The lowest BCUT2D eigenvalue weighted by atomic mass is 10.1. The summed E-state index contributed by atoms with van der Waals surface area (Å²) in [4.78, 5) is 22.0. The normalized spacial score (nSPS) is 11.2. The van der Waals surface area contributed by atoms with Gasteiger partial charge in [-0.1, -0.05) is 6.92 Å². The number of hydrogen-bond acceptors (Lipinski definition) is 3. The van der Waals surface area contributed by atoms with Crippen LogP contribution in [0.25, 0.3) is 0 Å². The fourth-order valence-electron chi connectivity index (χ4n) is 1.50. The number of amides is 2. The highest BCUT2D eigenvalue weighted by Crippen LogP contribution is 2.13. The van der Waals surface area contributed by atoms with Crippen LogP contribution in [0.1, 0.15) is 18.9 Å². The van der Waals surface area contributed by atoms with Gasteiger partial charge < -0.3 is 15.7 Å². The summed E-state index contributed by atoms with van der Waals surface area (Å²) in [7, 11) is 0. The Morgan fingerprint density at radius 2 is 2.20 bits per heavy atom. The summed E-state index contributed by atoms with van der Waals surface area (Å²) in [6.07, 6.45) is -0.0462. The summed E-state index contributed by atoms with van der Waals surface area (Å²) in [6, 6.07) is 4.76. The van der Waals surface area contributed by atoms with Gasteiger partial charge in [-0.3, -0.25) is 4.79 Å². The van der Waals surface area contributed by atoms with Gasteiger partial charge in [-0.05, 0) is 24.1 Å². The maximum Gasteiger partial charge on any atom is 0.319 e. The molecule has 0 saturated carbocycles. The molecule has 0 aliphatic heterocycles. The third kappa shape index (κ3) is 4.94. The number of carboxylic acid groups (broad SMARTS) is 1. The second-order valence-corrected chi connectivity index (χ2v) is 4.34. The molecule has 0 radical (unpaired) electrons. The van der Waals surface area contributed by atoms with Crippen LogP contribution in [-0.2, 0) is 4.79 Å². The van der Waals surface area contributed by atoms with Crippen molar-refractivity contribution in [2.24, 2.45) is 5.92 Å². The van der Waals surface area contributed by atoms with Crippen LogP contribution in [0.5, 0.6) is 0 Å². The molecule has 0 bridgehead atoms. The SMILES string of the molecule is CC(CNC(=O)Nc1ccc(F)c(C#N)c1)CC(=O)O. The molecule has 2 amide bonds. The lowest BCUT2D eigenvalue weighted by molar-refractivity contribution is -0.137. The number of urea groups is 1. The Morgan fingerprint density at radius 3 is 2.80 bits per heavy atom. The van der Waals surface area contributed by atoms with Gasteiger partial charge in [-0.25, -0.2) is 9.18 Å². The number of carboxylic acids is 1. The topological polar surface area (TPSA) is 102 Å². The minimum atomic E-state index is -0.933. The van der Waals surface area contributed by atoms with E-state index in [-0.39, 0.29) is 30.1 Å². The van der Waals surface area contributed by atoms with Crippen LogP contribution in [0.15, 0.2) is 18.2 Å². The largest absolute Gasteiger partial charge is 0.481 e. The molecule has 0 spiro atoms. The van der Waals surface area contributed by atoms with Gasteiger partial charge in [0.25, 0.3) is 0 Å². The first-order chi connectivity index (χ1) is 9.42. The number of halogens is 1.